The minimum atomic E-state index is 0.701. The maximum atomic E-state index is 5.93. The van der Waals surface area contributed by atoms with Gasteiger partial charge in [0, 0.05) is 50.3 Å². The van der Waals surface area contributed by atoms with Crippen molar-refractivity contribution >= 4 is 15.9 Å². The van der Waals surface area contributed by atoms with Gasteiger partial charge in [0.15, 0.2) is 5.88 Å². The number of ether oxygens (including phenoxy) is 1. The highest BCUT2D eigenvalue weighted by atomic mass is 79.9. The molecule has 2 aliphatic heterocycles. The molecule has 2 aliphatic rings. The van der Waals surface area contributed by atoms with Crippen LogP contribution >= 0.6 is 15.9 Å². The van der Waals surface area contributed by atoms with Gasteiger partial charge in [0.2, 0.25) is 0 Å². The van der Waals surface area contributed by atoms with Crippen LogP contribution < -0.4 is 10.1 Å². The molecule has 0 radical (unpaired) electrons. The molecule has 2 aromatic carbocycles. The number of piperazine rings is 1. The first-order valence-electron chi connectivity index (χ1n) is 9.08. The van der Waals surface area contributed by atoms with Crippen molar-refractivity contribution in [3.63, 3.8) is 0 Å². The Labute approximate surface area is 163 Å². The molecule has 26 heavy (non-hydrogen) atoms. The van der Waals surface area contributed by atoms with Crippen LogP contribution in [0, 0.1) is 0 Å². The van der Waals surface area contributed by atoms with Crippen LogP contribution in [0.1, 0.15) is 16.7 Å². The number of hydrogen-bond acceptors (Lipinski definition) is 4. The van der Waals surface area contributed by atoms with Crippen LogP contribution in [0.3, 0.4) is 0 Å². The van der Waals surface area contributed by atoms with Gasteiger partial charge in [-0.15, -0.1) is 0 Å². The van der Waals surface area contributed by atoms with Gasteiger partial charge in [-0.25, -0.2) is 0 Å². The van der Waals surface area contributed by atoms with E-state index in [0.717, 1.165) is 56.0 Å². The number of rotatable bonds is 5. The molecular weight excluding hydrogens is 390 g/mol. The third-order valence-electron chi connectivity index (χ3n) is 5.01. The molecule has 1 fully saturated rings. The van der Waals surface area contributed by atoms with E-state index in [4.69, 9.17) is 4.74 Å². The summed E-state index contributed by atoms with van der Waals surface area (Å²) in [4.78, 5) is 4.71. The summed E-state index contributed by atoms with van der Waals surface area (Å²) in [6, 6.07) is 14.7. The summed E-state index contributed by atoms with van der Waals surface area (Å²) in [7, 11) is 0. The third-order valence-corrected chi connectivity index (χ3v) is 5.54. The predicted molar refractivity (Wildman–Crippen MR) is 108 cm³/mol. The van der Waals surface area contributed by atoms with E-state index in [1.807, 2.05) is 24.3 Å². The topological polar surface area (TPSA) is 27.7 Å². The number of nitrogens with one attached hydrogen (secondary N) is 1. The second-order valence-electron chi connectivity index (χ2n) is 6.93. The van der Waals surface area contributed by atoms with Crippen LogP contribution in [0.25, 0.3) is 0 Å². The van der Waals surface area contributed by atoms with E-state index in [1.165, 1.54) is 16.7 Å². The van der Waals surface area contributed by atoms with Crippen molar-refractivity contribution in [1.82, 2.24) is 15.1 Å². The Balaban J connectivity index is 1.38. The first kappa shape index (κ1) is 17.6. The number of halogens is 1. The molecule has 0 saturated carbocycles. The Bertz CT molecular complexity index is 784. The monoisotopic (exact) mass is 413 g/mol. The van der Waals surface area contributed by atoms with Gasteiger partial charge in [-0.3, -0.25) is 4.90 Å². The van der Waals surface area contributed by atoms with E-state index in [2.05, 4.69) is 55.8 Å². The molecule has 2 heterocycles. The Kier molecular flexibility index (Phi) is 5.29. The third kappa shape index (κ3) is 4.11. The van der Waals surface area contributed by atoms with Crippen molar-refractivity contribution in [3.05, 3.63) is 76.1 Å². The molecule has 1 N–H and O–H groups in total. The number of hydrogen-bond donors (Lipinski definition) is 1. The molecule has 0 bridgehead atoms. The van der Waals surface area contributed by atoms with Gasteiger partial charge >= 0.3 is 0 Å². The van der Waals surface area contributed by atoms with E-state index in [-0.39, 0.29) is 0 Å². The van der Waals surface area contributed by atoms with Gasteiger partial charge in [0.1, 0.15) is 5.75 Å². The van der Waals surface area contributed by atoms with Crippen LogP contribution in [0.5, 0.6) is 5.75 Å². The Morgan fingerprint density at radius 2 is 1.77 bits per heavy atom. The quantitative estimate of drug-likeness (QED) is 0.755. The number of nitrogens with zero attached hydrogens (tertiary/aromatic N) is 2. The fraction of sp³-hybridized carbons (Fsp3) is 0.333. The highest BCUT2D eigenvalue weighted by Gasteiger charge is 2.22. The Morgan fingerprint density at radius 3 is 2.54 bits per heavy atom. The maximum Gasteiger partial charge on any atom is 0.189 e. The molecule has 4 nitrogen and oxygen atoms in total. The zero-order valence-electron chi connectivity index (χ0n) is 14.9. The highest BCUT2D eigenvalue weighted by molar-refractivity contribution is 9.10. The lowest BCUT2D eigenvalue weighted by atomic mass is 10.1. The molecule has 0 atom stereocenters. The SMILES string of the molecule is C=C(Oc1ccc(Br)cc1)N1Cc2ccc(CN3CCNCC3)cc2C1. The molecule has 0 amide bonds. The van der Waals surface area contributed by atoms with Crippen LogP contribution in [0.4, 0.5) is 0 Å². The summed E-state index contributed by atoms with van der Waals surface area (Å²) >= 11 is 3.44. The van der Waals surface area contributed by atoms with Crippen LogP contribution in [0.15, 0.2) is 59.4 Å². The zero-order chi connectivity index (χ0) is 17.9. The van der Waals surface area contributed by atoms with Gasteiger partial charge in [-0.05, 0) is 47.5 Å². The molecule has 4 rings (SSSR count). The minimum Gasteiger partial charge on any atom is -0.442 e. The maximum absolute atomic E-state index is 5.93. The van der Waals surface area contributed by atoms with Crippen LogP contribution in [-0.2, 0) is 19.6 Å². The van der Waals surface area contributed by atoms with Crippen LogP contribution in [-0.4, -0.2) is 36.0 Å². The lowest BCUT2D eigenvalue weighted by molar-refractivity contribution is 0.220. The summed E-state index contributed by atoms with van der Waals surface area (Å²) in [5.74, 6) is 1.51. The number of fused-ring (bicyclic) bond motifs is 1. The summed E-state index contributed by atoms with van der Waals surface area (Å²) in [6.45, 7) is 11.3. The second kappa shape index (κ2) is 7.82. The largest absolute Gasteiger partial charge is 0.442 e. The van der Waals surface area contributed by atoms with Gasteiger partial charge in [0.05, 0.1) is 0 Å². The fourth-order valence-corrected chi connectivity index (χ4v) is 3.82. The Hall–Kier alpha value is -1.82. The summed E-state index contributed by atoms with van der Waals surface area (Å²) in [5.41, 5.74) is 4.15. The molecule has 0 unspecified atom stereocenters. The van der Waals surface area contributed by atoms with Crippen molar-refractivity contribution in [2.24, 2.45) is 0 Å². The smallest absolute Gasteiger partial charge is 0.189 e. The molecule has 5 heteroatoms. The highest BCUT2D eigenvalue weighted by Crippen LogP contribution is 2.28. The van der Waals surface area contributed by atoms with E-state index >= 15 is 0 Å². The fourth-order valence-electron chi connectivity index (χ4n) is 3.55. The van der Waals surface area contributed by atoms with Crippen molar-refractivity contribution in [3.8, 4) is 5.75 Å². The van der Waals surface area contributed by atoms with Crippen molar-refractivity contribution in [2.45, 2.75) is 19.6 Å². The molecule has 1 saturated heterocycles. The average molecular weight is 414 g/mol. The molecule has 136 valence electrons. The van der Waals surface area contributed by atoms with E-state index in [1.54, 1.807) is 0 Å². The summed E-state index contributed by atoms with van der Waals surface area (Å²) in [5, 5.41) is 3.41. The first-order chi connectivity index (χ1) is 12.7. The lowest BCUT2D eigenvalue weighted by Gasteiger charge is -2.27. The molecule has 2 aromatic rings. The first-order valence-corrected chi connectivity index (χ1v) is 9.88. The zero-order valence-corrected chi connectivity index (χ0v) is 16.5. The van der Waals surface area contributed by atoms with Gasteiger partial charge in [0.25, 0.3) is 0 Å². The van der Waals surface area contributed by atoms with Crippen molar-refractivity contribution < 1.29 is 4.74 Å². The van der Waals surface area contributed by atoms with E-state index in [0.29, 0.717) is 5.88 Å². The van der Waals surface area contributed by atoms with Crippen molar-refractivity contribution in [1.29, 1.82) is 0 Å². The van der Waals surface area contributed by atoms with Crippen LogP contribution in [0.2, 0.25) is 0 Å². The second-order valence-corrected chi connectivity index (χ2v) is 7.85. The summed E-state index contributed by atoms with van der Waals surface area (Å²) in [6.07, 6.45) is 0. The van der Waals surface area contributed by atoms with Gasteiger partial charge in [-0.1, -0.05) is 34.1 Å². The van der Waals surface area contributed by atoms with Gasteiger partial charge in [-0.2, -0.15) is 0 Å². The Morgan fingerprint density at radius 1 is 1.04 bits per heavy atom. The molecular formula is C21H24BrN3O. The molecule has 0 spiro atoms. The predicted octanol–water partition coefficient (Wildman–Crippen LogP) is 3.72. The van der Waals surface area contributed by atoms with Crippen molar-refractivity contribution in [2.75, 3.05) is 26.2 Å². The van der Waals surface area contributed by atoms with E-state index in [9.17, 15) is 0 Å². The van der Waals surface area contributed by atoms with Gasteiger partial charge < -0.3 is 15.0 Å². The number of benzene rings is 2. The minimum absolute atomic E-state index is 0.701. The average Bonchev–Trinajstić information content (AvgIpc) is 3.08. The standard InChI is InChI=1S/C21H24BrN3O/c1-16(26-21-6-4-20(22)5-7-21)25-14-18-3-2-17(12-19(18)15-25)13-24-10-8-23-9-11-24/h2-7,12,23H,1,8-11,13-15H2. The molecule has 0 aromatic heterocycles. The normalized spacial score (nSPS) is 17.2. The summed E-state index contributed by atoms with van der Waals surface area (Å²) < 4.78 is 6.97. The molecule has 0 aliphatic carbocycles. The van der Waals surface area contributed by atoms with E-state index < -0.39 is 0 Å². The lowest BCUT2D eigenvalue weighted by Crippen LogP contribution is -2.42.